The van der Waals surface area contributed by atoms with Crippen LogP contribution in [0.15, 0.2) is 53.5 Å². The van der Waals surface area contributed by atoms with Crippen LogP contribution in [0.25, 0.3) is 10.2 Å². The zero-order valence-electron chi connectivity index (χ0n) is 18.1. The number of fused-ring (bicyclic) bond motifs is 1. The van der Waals surface area contributed by atoms with Gasteiger partial charge in [0.1, 0.15) is 6.04 Å². The van der Waals surface area contributed by atoms with E-state index in [4.69, 9.17) is 0 Å². The summed E-state index contributed by atoms with van der Waals surface area (Å²) in [6, 6.07) is 15.2. The highest BCUT2D eigenvalue weighted by Crippen LogP contribution is 2.24. The third-order valence-electron chi connectivity index (χ3n) is 5.98. The van der Waals surface area contributed by atoms with Crippen LogP contribution in [0, 0.1) is 6.92 Å². The monoisotopic (exact) mass is 435 g/mol. The molecule has 162 valence electrons. The van der Waals surface area contributed by atoms with Crippen LogP contribution in [0.2, 0.25) is 0 Å². The average Bonchev–Trinajstić information content (AvgIpc) is 3.13. The molecule has 0 bridgehead atoms. The van der Waals surface area contributed by atoms with Crippen molar-refractivity contribution in [2.75, 3.05) is 0 Å². The van der Waals surface area contributed by atoms with Crippen molar-refractivity contribution >= 4 is 33.4 Å². The van der Waals surface area contributed by atoms with Crippen molar-refractivity contribution in [3.63, 3.8) is 0 Å². The summed E-state index contributed by atoms with van der Waals surface area (Å²) in [5.74, 6) is -0.273. The molecule has 1 saturated carbocycles. The Balaban J connectivity index is 1.73. The van der Waals surface area contributed by atoms with E-state index in [-0.39, 0.29) is 17.9 Å². The molecule has 0 aliphatic heterocycles. The molecule has 0 radical (unpaired) electrons. The molecule has 31 heavy (non-hydrogen) atoms. The number of nitrogens with one attached hydrogen (secondary N) is 1. The van der Waals surface area contributed by atoms with Gasteiger partial charge in [0, 0.05) is 11.6 Å². The SMILES string of the molecule is CCC(C(=O)NC1CCCCC1)n1c(=NC(=O)c2ccc(C)cc2)sc2ccccc21. The fourth-order valence-corrected chi connectivity index (χ4v) is 5.31. The first-order valence-electron chi connectivity index (χ1n) is 11.1. The van der Waals surface area contributed by atoms with Crippen LogP contribution in [-0.4, -0.2) is 22.4 Å². The number of amides is 2. The number of aromatic nitrogens is 1. The third kappa shape index (κ3) is 4.79. The topological polar surface area (TPSA) is 63.5 Å². The van der Waals surface area contributed by atoms with Crippen molar-refractivity contribution in [3.05, 3.63) is 64.5 Å². The van der Waals surface area contributed by atoms with Crippen molar-refractivity contribution < 1.29 is 9.59 Å². The van der Waals surface area contributed by atoms with E-state index in [2.05, 4.69) is 10.3 Å². The van der Waals surface area contributed by atoms with E-state index in [0.717, 1.165) is 28.6 Å². The smallest absolute Gasteiger partial charge is 0.279 e. The fourth-order valence-electron chi connectivity index (χ4n) is 4.25. The second kappa shape index (κ2) is 9.60. The molecule has 1 fully saturated rings. The molecule has 4 rings (SSSR count). The molecule has 1 aliphatic rings. The molecule has 1 heterocycles. The molecular weight excluding hydrogens is 406 g/mol. The van der Waals surface area contributed by atoms with Gasteiger partial charge in [-0.25, -0.2) is 0 Å². The number of aryl methyl sites for hydroxylation is 1. The number of thiazole rings is 1. The van der Waals surface area contributed by atoms with E-state index >= 15 is 0 Å². The van der Waals surface area contributed by atoms with Gasteiger partial charge in [0.25, 0.3) is 5.91 Å². The largest absolute Gasteiger partial charge is 0.352 e. The normalized spacial score (nSPS) is 16.4. The van der Waals surface area contributed by atoms with E-state index in [1.807, 2.05) is 54.8 Å². The van der Waals surface area contributed by atoms with Gasteiger partial charge in [-0.1, -0.05) is 67.4 Å². The van der Waals surface area contributed by atoms with Crippen molar-refractivity contribution in [1.29, 1.82) is 0 Å². The summed E-state index contributed by atoms with van der Waals surface area (Å²) in [6.45, 7) is 4.00. The summed E-state index contributed by atoms with van der Waals surface area (Å²) in [7, 11) is 0. The summed E-state index contributed by atoms with van der Waals surface area (Å²) in [5.41, 5.74) is 2.59. The Kier molecular flexibility index (Phi) is 6.66. The van der Waals surface area contributed by atoms with Gasteiger partial charge in [0.15, 0.2) is 4.80 Å². The summed E-state index contributed by atoms with van der Waals surface area (Å²) >= 11 is 1.45. The van der Waals surface area contributed by atoms with Gasteiger partial charge in [-0.2, -0.15) is 4.99 Å². The highest BCUT2D eigenvalue weighted by Gasteiger charge is 2.25. The summed E-state index contributed by atoms with van der Waals surface area (Å²) in [5, 5.41) is 3.26. The van der Waals surface area contributed by atoms with Crippen LogP contribution in [0.5, 0.6) is 0 Å². The van der Waals surface area contributed by atoms with Crippen LogP contribution >= 0.6 is 11.3 Å². The Bertz CT molecular complexity index is 1140. The zero-order chi connectivity index (χ0) is 21.8. The molecule has 1 atom stereocenters. The number of benzene rings is 2. The van der Waals surface area contributed by atoms with Gasteiger partial charge in [-0.05, 0) is 50.5 Å². The Labute approximate surface area is 186 Å². The molecule has 3 aromatic rings. The maximum Gasteiger partial charge on any atom is 0.279 e. The second-order valence-electron chi connectivity index (χ2n) is 8.27. The van der Waals surface area contributed by atoms with E-state index in [9.17, 15) is 9.59 Å². The molecule has 0 saturated heterocycles. The number of para-hydroxylation sites is 1. The molecule has 1 aromatic heterocycles. The van der Waals surface area contributed by atoms with Crippen LogP contribution in [-0.2, 0) is 4.79 Å². The maximum absolute atomic E-state index is 13.3. The Morgan fingerprint density at radius 2 is 1.81 bits per heavy atom. The number of rotatable bonds is 5. The van der Waals surface area contributed by atoms with Gasteiger partial charge < -0.3 is 9.88 Å². The minimum Gasteiger partial charge on any atom is -0.352 e. The number of carbonyl (C=O) groups excluding carboxylic acids is 2. The quantitative estimate of drug-likeness (QED) is 0.602. The van der Waals surface area contributed by atoms with E-state index in [0.29, 0.717) is 16.8 Å². The summed E-state index contributed by atoms with van der Waals surface area (Å²) in [6.07, 6.45) is 6.30. The molecule has 2 aromatic carbocycles. The molecule has 0 spiro atoms. The van der Waals surface area contributed by atoms with Gasteiger partial charge in [-0.3, -0.25) is 9.59 Å². The van der Waals surface area contributed by atoms with Crippen molar-refractivity contribution in [2.24, 2.45) is 4.99 Å². The highest BCUT2D eigenvalue weighted by molar-refractivity contribution is 7.16. The van der Waals surface area contributed by atoms with Crippen LogP contribution in [0.3, 0.4) is 0 Å². The highest BCUT2D eigenvalue weighted by atomic mass is 32.1. The van der Waals surface area contributed by atoms with Gasteiger partial charge in [0.05, 0.1) is 10.2 Å². The molecule has 1 N–H and O–H groups in total. The lowest BCUT2D eigenvalue weighted by Gasteiger charge is -2.26. The van der Waals surface area contributed by atoms with E-state index in [1.165, 1.54) is 30.6 Å². The molecule has 5 nitrogen and oxygen atoms in total. The lowest BCUT2D eigenvalue weighted by molar-refractivity contribution is -0.125. The Morgan fingerprint density at radius 1 is 1.10 bits per heavy atom. The Hall–Kier alpha value is -2.73. The molecular formula is C25H29N3O2S. The number of hydrogen-bond acceptors (Lipinski definition) is 3. The number of hydrogen-bond donors (Lipinski definition) is 1. The predicted molar refractivity (Wildman–Crippen MR) is 125 cm³/mol. The third-order valence-corrected chi connectivity index (χ3v) is 7.02. The van der Waals surface area contributed by atoms with E-state index in [1.54, 1.807) is 12.1 Å². The van der Waals surface area contributed by atoms with E-state index < -0.39 is 6.04 Å². The molecule has 1 aliphatic carbocycles. The molecule has 1 unspecified atom stereocenters. The standard InChI is InChI=1S/C25H29N3O2S/c1-3-20(24(30)26-19-9-5-4-6-10-19)28-21-11-7-8-12-22(21)31-25(28)27-23(29)18-15-13-17(2)14-16-18/h7-8,11-16,19-20H,3-6,9-10H2,1-2H3,(H,26,30). The molecule has 2 amide bonds. The van der Waals surface area contributed by atoms with Gasteiger partial charge in [-0.15, -0.1) is 0 Å². The van der Waals surface area contributed by atoms with Gasteiger partial charge in [0.2, 0.25) is 5.91 Å². The second-order valence-corrected chi connectivity index (χ2v) is 9.28. The number of nitrogens with zero attached hydrogens (tertiary/aromatic N) is 2. The predicted octanol–water partition coefficient (Wildman–Crippen LogP) is 5.15. The number of carbonyl (C=O) groups is 2. The van der Waals surface area contributed by atoms with Crippen LogP contribution in [0.4, 0.5) is 0 Å². The minimum atomic E-state index is -0.400. The maximum atomic E-state index is 13.3. The first kappa shape index (κ1) is 21.5. The fraction of sp³-hybridized carbons (Fsp3) is 0.400. The van der Waals surface area contributed by atoms with Crippen LogP contribution in [0.1, 0.15) is 67.4 Å². The lowest BCUT2D eigenvalue weighted by atomic mass is 9.95. The molecule has 6 heteroatoms. The van der Waals surface area contributed by atoms with Crippen molar-refractivity contribution in [2.45, 2.75) is 64.5 Å². The summed E-state index contributed by atoms with van der Waals surface area (Å²) < 4.78 is 2.96. The minimum absolute atomic E-state index is 0.0159. The first-order valence-corrected chi connectivity index (χ1v) is 11.9. The van der Waals surface area contributed by atoms with Crippen molar-refractivity contribution in [3.8, 4) is 0 Å². The average molecular weight is 436 g/mol. The zero-order valence-corrected chi connectivity index (χ0v) is 19.0. The lowest BCUT2D eigenvalue weighted by Crippen LogP contribution is -2.42. The van der Waals surface area contributed by atoms with Crippen molar-refractivity contribution in [1.82, 2.24) is 9.88 Å². The van der Waals surface area contributed by atoms with Gasteiger partial charge >= 0.3 is 0 Å². The first-order chi connectivity index (χ1) is 15.1. The Morgan fingerprint density at radius 3 is 2.52 bits per heavy atom. The summed E-state index contributed by atoms with van der Waals surface area (Å²) in [4.78, 5) is 31.2. The van der Waals surface area contributed by atoms with Crippen LogP contribution < -0.4 is 10.1 Å².